The highest BCUT2D eigenvalue weighted by molar-refractivity contribution is 7.89. The number of nitrogens with zero attached hydrogens (tertiary/aromatic N) is 3. The minimum Gasteiger partial charge on any atom is -0.497 e. The second-order valence-electron chi connectivity index (χ2n) is 8.43. The molecule has 0 radical (unpaired) electrons. The molecule has 2 heterocycles. The van der Waals surface area contributed by atoms with E-state index in [0.29, 0.717) is 56.9 Å². The average molecular weight is 472 g/mol. The SMILES string of the molecule is COc1ccc(C(=O)N2CCN(C(=O)[C@@H]3CCCN3S(=O)(=O)c3ccc(C)cc3)CC2)cc1. The summed E-state index contributed by atoms with van der Waals surface area (Å²) in [5.74, 6) is 0.414. The van der Waals surface area contributed by atoms with Crippen LogP contribution in [0.3, 0.4) is 0 Å². The van der Waals surface area contributed by atoms with E-state index in [2.05, 4.69) is 0 Å². The molecular weight excluding hydrogens is 442 g/mol. The van der Waals surface area contributed by atoms with Crippen LogP contribution in [0.15, 0.2) is 53.4 Å². The summed E-state index contributed by atoms with van der Waals surface area (Å²) in [6, 6.07) is 13.0. The van der Waals surface area contributed by atoms with E-state index in [1.165, 1.54) is 4.31 Å². The van der Waals surface area contributed by atoms with Gasteiger partial charge in [-0.05, 0) is 56.2 Å². The van der Waals surface area contributed by atoms with Gasteiger partial charge in [0.05, 0.1) is 12.0 Å². The van der Waals surface area contributed by atoms with Crippen LogP contribution in [0.4, 0.5) is 0 Å². The summed E-state index contributed by atoms with van der Waals surface area (Å²) < 4.78 is 32.8. The molecule has 9 heteroatoms. The van der Waals surface area contributed by atoms with Gasteiger partial charge in [-0.15, -0.1) is 0 Å². The zero-order valence-electron chi connectivity index (χ0n) is 18.9. The zero-order chi connectivity index (χ0) is 23.6. The summed E-state index contributed by atoms with van der Waals surface area (Å²) in [7, 11) is -2.17. The lowest BCUT2D eigenvalue weighted by atomic mass is 10.1. The third-order valence-electron chi connectivity index (χ3n) is 6.33. The molecule has 1 atom stereocenters. The van der Waals surface area contributed by atoms with Gasteiger partial charge in [0.15, 0.2) is 0 Å². The Morgan fingerprint density at radius 3 is 2.09 bits per heavy atom. The molecule has 2 aromatic carbocycles. The molecule has 2 aromatic rings. The third-order valence-corrected chi connectivity index (χ3v) is 8.25. The number of hydrogen-bond donors (Lipinski definition) is 0. The first-order valence-corrected chi connectivity index (χ1v) is 12.6. The molecule has 2 saturated heterocycles. The van der Waals surface area contributed by atoms with Crippen molar-refractivity contribution in [2.75, 3.05) is 39.8 Å². The van der Waals surface area contributed by atoms with Crippen LogP contribution in [0.1, 0.15) is 28.8 Å². The standard InChI is InChI=1S/C24H29N3O5S/c1-18-5-11-21(12-6-18)33(30,31)27-13-3-4-22(27)24(29)26-16-14-25(15-17-26)23(28)19-7-9-20(32-2)10-8-19/h5-12,22H,3-4,13-17H2,1-2H3/t22-/m0/s1. The van der Waals surface area contributed by atoms with Gasteiger partial charge in [-0.3, -0.25) is 9.59 Å². The molecule has 0 spiro atoms. The average Bonchev–Trinajstić information content (AvgIpc) is 3.35. The van der Waals surface area contributed by atoms with Crippen molar-refractivity contribution in [1.29, 1.82) is 0 Å². The van der Waals surface area contributed by atoms with Crippen LogP contribution in [-0.2, 0) is 14.8 Å². The van der Waals surface area contributed by atoms with Gasteiger partial charge in [-0.2, -0.15) is 4.31 Å². The lowest BCUT2D eigenvalue weighted by Crippen LogP contribution is -2.55. The van der Waals surface area contributed by atoms with Gasteiger partial charge >= 0.3 is 0 Å². The van der Waals surface area contributed by atoms with Crippen LogP contribution in [0, 0.1) is 6.92 Å². The fourth-order valence-electron chi connectivity index (χ4n) is 4.38. The van der Waals surface area contributed by atoms with Crippen LogP contribution in [0.5, 0.6) is 5.75 Å². The van der Waals surface area contributed by atoms with Gasteiger partial charge < -0.3 is 14.5 Å². The molecule has 2 aliphatic rings. The van der Waals surface area contributed by atoms with Crippen molar-refractivity contribution in [3.63, 3.8) is 0 Å². The Morgan fingerprint density at radius 1 is 0.879 bits per heavy atom. The molecule has 0 unspecified atom stereocenters. The minimum absolute atomic E-state index is 0.0887. The van der Waals surface area contributed by atoms with Crippen molar-refractivity contribution in [3.05, 3.63) is 59.7 Å². The molecule has 33 heavy (non-hydrogen) atoms. The van der Waals surface area contributed by atoms with E-state index in [1.54, 1.807) is 65.4 Å². The predicted octanol–water partition coefficient (Wildman–Crippen LogP) is 2.14. The quantitative estimate of drug-likeness (QED) is 0.667. The number of hydrogen-bond acceptors (Lipinski definition) is 5. The van der Waals surface area contributed by atoms with Crippen LogP contribution in [-0.4, -0.2) is 80.2 Å². The Labute approximate surface area is 194 Å². The van der Waals surface area contributed by atoms with Gasteiger partial charge in [0, 0.05) is 38.3 Å². The number of carbonyl (C=O) groups excluding carboxylic acids is 2. The maximum atomic E-state index is 13.3. The normalized spacial score (nSPS) is 19.5. The van der Waals surface area contributed by atoms with Crippen LogP contribution in [0.25, 0.3) is 0 Å². The fourth-order valence-corrected chi connectivity index (χ4v) is 6.03. The number of piperazine rings is 1. The first kappa shape index (κ1) is 23.3. The summed E-state index contributed by atoms with van der Waals surface area (Å²) in [5, 5.41) is 0. The summed E-state index contributed by atoms with van der Waals surface area (Å²) in [5.41, 5.74) is 1.55. The smallest absolute Gasteiger partial charge is 0.253 e. The molecule has 0 aromatic heterocycles. The summed E-state index contributed by atoms with van der Waals surface area (Å²) in [6.45, 7) is 3.83. The van der Waals surface area contributed by atoms with Gasteiger partial charge in [-0.25, -0.2) is 8.42 Å². The van der Waals surface area contributed by atoms with E-state index < -0.39 is 16.1 Å². The molecule has 4 rings (SSSR count). The maximum Gasteiger partial charge on any atom is 0.253 e. The topological polar surface area (TPSA) is 87.2 Å². The number of methoxy groups -OCH3 is 1. The van der Waals surface area contributed by atoms with E-state index >= 15 is 0 Å². The van der Waals surface area contributed by atoms with Crippen LogP contribution >= 0.6 is 0 Å². The molecule has 2 amide bonds. The Bertz CT molecular complexity index is 1110. The third kappa shape index (κ3) is 4.74. The van der Waals surface area contributed by atoms with E-state index in [4.69, 9.17) is 4.74 Å². The lowest BCUT2D eigenvalue weighted by Gasteiger charge is -2.37. The van der Waals surface area contributed by atoms with Crippen molar-refractivity contribution < 1.29 is 22.7 Å². The molecule has 2 fully saturated rings. The van der Waals surface area contributed by atoms with Crippen molar-refractivity contribution in [2.45, 2.75) is 30.7 Å². The molecule has 176 valence electrons. The lowest BCUT2D eigenvalue weighted by molar-refractivity contribution is -0.136. The van der Waals surface area contributed by atoms with E-state index in [1.807, 2.05) is 6.92 Å². The van der Waals surface area contributed by atoms with Crippen LogP contribution < -0.4 is 4.74 Å². The second kappa shape index (κ2) is 9.52. The van der Waals surface area contributed by atoms with Gasteiger partial charge in [0.2, 0.25) is 15.9 Å². The molecule has 8 nitrogen and oxygen atoms in total. The van der Waals surface area contributed by atoms with Crippen molar-refractivity contribution >= 4 is 21.8 Å². The van der Waals surface area contributed by atoms with E-state index in [-0.39, 0.29) is 16.7 Å². The number of rotatable bonds is 5. The second-order valence-corrected chi connectivity index (χ2v) is 10.3. The summed E-state index contributed by atoms with van der Waals surface area (Å²) in [4.78, 5) is 29.7. The van der Waals surface area contributed by atoms with Gasteiger partial charge in [-0.1, -0.05) is 17.7 Å². The summed E-state index contributed by atoms with van der Waals surface area (Å²) >= 11 is 0. The van der Waals surface area contributed by atoms with E-state index in [0.717, 1.165) is 5.56 Å². The molecular formula is C24H29N3O5S. The highest BCUT2D eigenvalue weighted by Crippen LogP contribution is 2.28. The van der Waals surface area contributed by atoms with Crippen molar-refractivity contribution in [1.82, 2.24) is 14.1 Å². The molecule has 0 aliphatic carbocycles. The number of ether oxygens (including phenoxy) is 1. The fraction of sp³-hybridized carbons (Fsp3) is 0.417. The summed E-state index contributed by atoms with van der Waals surface area (Å²) in [6.07, 6.45) is 1.16. The van der Waals surface area contributed by atoms with E-state index in [9.17, 15) is 18.0 Å². The first-order valence-electron chi connectivity index (χ1n) is 11.1. The van der Waals surface area contributed by atoms with Crippen molar-refractivity contribution in [2.24, 2.45) is 0 Å². The first-order chi connectivity index (χ1) is 15.8. The number of carbonyl (C=O) groups is 2. The highest BCUT2D eigenvalue weighted by atomic mass is 32.2. The van der Waals surface area contributed by atoms with Crippen molar-refractivity contribution in [3.8, 4) is 5.75 Å². The minimum atomic E-state index is -3.74. The molecule has 0 bridgehead atoms. The van der Waals surface area contributed by atoms with Gasteiger partial charge in [0.25, 0.3) is 5.91 Å². The predicted molar refractivity (Wildman–Crippen MR) is 124 cm³/mol. The van der Waals surface area contributed by atoms with Crippen LogP contribution in [0.2, 0.25) is 0 Å². The molecule has 0 saturated carbocycles. The Balaban J connectivity index is 1.40. The Kier molecular flexibility index (Phi) is 6.71. The number of aryl methyl sites for hydroxylation is 1. The maximum absolute atomic E-state index is 13.3. The number of amides is 2. The molecule has 2 aliphatic heterocycles. The Hall–Kier alpha value is -2.91. The zero-order valence-corrected chi connectivity index (χ0v) is 19.8. The monoisotopic (exact) mass is 471 g/mol. The number of benzene rings is 2. The number of sulfonamides is 1. The molecule has 0 N–H and O–H groups in total. The largest absolute Gasteiger partial charge is 0.497 e. The highest BCUT2D eigenvalue weighted by Gasteiger charge is 2.41. The van der Waals surface area contributed by atoms with Gasteiger partial charge in [0.1, 0.15) is 11.8 Å². The Morgan fingerprint density at radius 2 is 1.48 bits per heavy atom.